The van der Waals surface area contributed by atoms with Crippen LogP contribution in [0.25, 0.3) is 0 Å². The van der Waals surface area contributed by atoms with Crippen LogP contribution in [0.4, 0.5) is 0 Å². The van der Waals surface area contributed by atoms with Gasteiger partial charge in [-0.3, -0.25) is 0 Å². The van der Waals surface area contributed by atoms with Gasteiger partial charge >= 0.3 is 5.97 Å². The van der Waals surface area contributed by atoms with Gasteiger partial charge < -0.3 is 10.2 Å². The number of aliphatic hydroxyl groups is 1. The lowest BCUT2D eigenvalue weighted by molar-refractivity contribution is -0.155. The Morgan fingerprint density at radius 1 is 0.762 bits per heavy atom. The first-order valence-electron chi connectivity index (χ1n) is 7.22. The van der Waals surface area contributed by atoms with E-state index < -0.39 is 11.6 Å². The number of benzene rings is 2. The molecule has 0 aliphatic rings. The van der Waals surface area contributed by atoms with Crippen LogP contribution in [0.2, 0.25) is 0 Å². The Morgan fingerprint density at radius 2 is 1.05 bits per heavy atom. The predicted molar refractivity (Wildman–Crippen MR) is 86.2 cm³/mol. The number of hydrogen-bond donors (Lipinski definition) is 2. The maximum atomic E-state index is 11.4. The van der Waals surface area contributed by atoms with Crippen LogP contribution in [0.3, 0.4) is 0 Å². The summed E-state index contributed by atoms with van der Waals surface area (Å²) in [6, 6.07) is 16.7. The normalized spacial score (nSPS) is 9.57. The van der Waals surface area contributed by atoms with Gasteiger partial charge in [0.2, 0.25) is 5.60 Å². The zero-order valence-corrected chi connectivity index (χ0v) is 13.1. The summed E-state index contributed by atoms with van der Waals surface area (Å²) in [7, 11) is 0. The molecule has 0 spiro atoms. The molecule has 0 atom stereocenters. The van der Waals surface area contributed by atoms with Gasteiger partial charge in [-0.25, -0.2) is 4.79 Å². The van der Waals surface area contributed by atoms with E-state index in [9.17, 15) is 15.0 Å². The van der Waals surface area contributed by atoms with Crippen molar-refractivity contribution in [2.24, 2.45) is 0 Å². The van der Waals surface area contributed by atoms with Crippen molar-refractivity contribution in [1.29, 1.82) is 0 Å². The predicted octanol–water partition coefficient (Wildman–Crippen LogP) is 4.06. The van der Waals surface area contributed by atoms with E-state index in [1.807, 2.05) is 27.7 Å². The van der Waals surface area contributed by atoms with Gasteiger partial charge in [-0.2, -0.15) is 0 Å². The second-order valence-corrected chi connectivity index (χ2v) is 3.75. The molecule has 0 aliphatic heterocycles. The lowest BCUT2D eigenvalue weighted by Crippen LogP contribution is -2.36. The van der Waals surface area contributed by atoms with Crippen LogP contribution in [0.5, 0.6) is 0 Å². The van der Waals surface area contributed by atoms with E-state index in [4.69, 9.17) is 0 Å². The van der Waals surface area contributed by atoms with Crippen LogP contribution in [0.1, 0.15) is 38.8 Å². The molecule has 21 heavy (non-hydrogen) atoms. The molecule has 114 valence electrons. The molecule has 2 aromatic carbocycles. The van der Waals surface area contributed by atoms with Gasteiger partial charge in [-0.1, -0.05) is 88.4 Å². The Hall–Kier alpha value is -2.13. The monoisotopic (exact) mass is 288 g/mol. The molecule has 0 amide bonds. The largest absolute Gasteiger partial charge is 0.479 e. The zero-order chi connectivity index (χ0) is 16.3. The smallest absolute Gasteiger partial charge is 0.345 e. The maximum Gasteiger partial charge on any atom is 0.345 e. The molecule has 0 saturated carbocycles. The molecular formula is C18H24O3. The van der Waals surface area contributed by atoms with E-state index in [0.29, 0.717) is 11.1 Å². The first-order chi connectivity index (χ1) is 10.2. The minimum atomic E-state index is -2.00. The molecule has 3 nitrogen and oxygen atoms in total. The van der Waals surface area contributed by atoms with E-state index in [1.54, 1.807) is 60.7 Å². The highest BCUT2D eigenvalue weighted by molar-refractivity contribution is 5.83. The van der Waals surface area contributed by atoms with Crippen LogP contribution < -0.4 is 0 Å². The highest BCUT2D eigenvalue weighted by Gasteiger charge is 2.39. The SMILES string of the molecule is CC.CC.O=C(O)C(O)(c1ccccc1)c1ccccc1. The van der Waals surface area contributed by atoms with Crippen molar-refractivity contribution in [3.8, 4) is 0 Å². The Bertz CT molecular complexity index is 467. The first kappa shape index (κ1) is 18.9. The van der Waals surface area contributed by atoms with Crippen molar-refractivity contribution in [3.05, 3.63) is 71.8 Å². The Labute approximate surface area is 126 Å². The second kappa shape index (κ2) is 9.72. The van der Waals surface area contributed by atoms with E-state index in [1.165, 1.54) is 0 Å². The molecule has 0 aliphatic carbocycles. The van der Waals surface area contributed by atoms with Crippen LogP contribution in [0, 0.1) is 0 Å². The number of hydrogen-bond acceptors (Lipinski definition) is 2. The molecule has 2 N–H and O–H groups in total. The third-order valence-electron chi connectivity index (χ3n) is 2.69. The summed E-state index contributed by atoms with van der Waals surface area (Å²) in [5, 5.41) is 19.7. The number of carbonyl (C=O) groups is 1. The average Bonchev–Trinajstić information content (AvgIpc) is 2.59. The Balaban J connectivity index is 0.000000921. The zero-order valence-electron chi connectivity index (χ0n) is 13.1. The average molecular weight is 288 g/mol. The maximum absolute atomic E-state index is 11.4. The van der Waals surface area contributed by atoms with Gasteiger partial charge in [0.25, 0.3) is 0 Å². The quantitative estimate of drug-likeness (QED) is 0.895. The second-order valence-electron chi connectivity index (χ2n) is 3.75. The van der Waals surface area contributed by atoms with E-state index in [2.05, 4.69) is 0 Å². The van der Waals surface area contributed by atoms with Crippen molar-refractivity contribution in [3.63, 3.8) is 0 Å². The standard InChI is InChI=1S/C14H12O3.2C2H6/c15-13(16)14(17,11-7-3-1-4-8-11)12-9-5-2-6-10-12;2*1-2/h1-10,17H,(H,15,16);2*1-2H3. The third kappa shape index (κ3) is 4.43. The van der Waals surface area contributed by atoms with Crippen molar-refractivity contribution in [2.45, 2.75) is 33.3 Å². The van der Waals surface area contributed by atoms with Crippen LogP contribution in [-0.2, 0) is 10.4 Å². The van der Waals surface area contributed by atoms with Crippen molar-refractivity contribution in [1.82, 2.24) is 0 Å². The summed E-state index contributed by atoms with van der Waals surface area (Å²) in [5.41, 5.74) is -1.31. The molecule has 0 radical (unpaired) electrons. The first-order valence-corrected chi connectivity index (χ1v) is 7.22. The molecule has 0 unspecified atom stereocenters. The van der Waals surface area contributed by atoms with Crippen LogP contribution in [-0.4, -0.2) is 16.2 Å². The lowest BCUT2D eigenvalue weighted by Gasteiger charge is -2.24. The van der Waals surface area contributed by atoms with Gasteiger partial charge in [0, 0.05) is 0 Å². The highest BCUT2D eigenvalue weighted by atomic mass is 16.4. The van der Waals surface area contributed by atoms with Crippen LogP contribution in [0.15, 0.2) is 60.7 Å². The van der Waals surface area contributed by atoms with Gasteiger partial charge in [0.15, 0.2) is 0 Å². The van der Waals surface area contributed by atoms with Gasteiger partial charge in [-0.15, -0.1) is 0 Å². The molecule has 3 heteroatoms. The summed E-state index contributed by atoms with van der Waals surface area (Å²) in [6.45, 7) is 8.00. The molecule has 0 bridgehead atoms. The van der Waals surface area contributed by atoms with Gasteiger partial charge in [0.1, 0.15) is 0 Å². The molecule has 0 heterocycles. The van der Waals surface area contributed by atoms with E-state index in [0.717, 1.165) is 0 Å². The number of carboxylic acid groups (broad SMARTS) is 1. The lowest BCUT2D eigenvalue weighted by atomic mass is 9.86. The molecule has 0 fully saturated rings. The minimum absolute atomic E-state index is 0.346. The summed E-state index contributed by atoms with van der Waals surface area (Å²) in [4.78, 5) is 11.4. The molecule has 2 aromatic rings. The third-order valence-corrected chi connectivity index (χ3v) is 2.69. The fourth-order valence-corrected chi connectivity index (χ4v) is 1.77. The van der Waals surface area contributed by atoms with Gasteiger partial charge in [0.05, 0.1) is 0 Å². The molecule has 0 aromatic heterocycles. The molecule has 2 rings (SSSR count). The minimum Gasteiger partial charge on any atom is -0.479 e. The van der Waals surface area contributed by atoms with E-state index in [-0.39, 0.29) is 0 Å². The van der Waals surface area contributed by atoms with Crippen LogP contribution >= 0.6 is 0 Å². The number of rotatable bonds is 3. The van der Waals surface area contributed by atoms with Crippen molar-refractivity contribution in [2.75, 3.05) is 0 Å². The summed E-state index contributed by atoms with van der Waals surface area (Å²) >= 11 is 0. The fourth-order valence-electron chi connectivity index (χ4n) is 1.77. The van der Waals surface area contributed by atoms with Gasteiger partial charge in [-0.05, 0) is 11.1 Å². The summed E-state index contributed by atoms with van der Waals surface area (Å²) < 4.78 is 0. The molecule has 0 saturated heterocycles. The summed E-state index contributed by atoms with van der Waals surface area (Å²) in [5.74, 6) is -1.28. The Kier molecular flexibility index (Phi) is 8.74. The van der Waals surface area contributed by atoms with Crippen molar-refractivity contribution < 1.29 is 15.0 Å². The Morgan fingerprint density at radius 3 is 1.29 bits per heavy atom. The fraction of sp³-hybridized carbons (Fsp3) is 0.278. The highest BCUT2D eigenvalue weighted by Crippen LogP contribution is 2.29. The topological polar surface area (TPSA) is 57.5 Å². The summed E-state index contributed by atoms with van der Waals surface area (Å²) in [6.07, 6.45) is 0. The number of aliphatic carboxylic acids is 1. The molecular weight excluding hydrogens is 264 g/mol. The number of carboxylic acids is 1. The van der Waals surface area contributed by atoms with Crippen molar-refractivity contribution >= 4 is 5.97 Å². The van der Waals surface area contributed by atoms with E-state index >= 15 is 0 Å².